The molecule has 0 bridgehead atoms. The van der Waals surface area contributed by atoms with Crippen LogP contribution in [0.15, 0.2) is 22.9 Å². The molecule has 4 heteroatoms. The van der Waals surface area contributed by atoms with Crippen molar-refractivity contribution in [1.29, 1.82) is 0 Å². The van der Waals surface area contributed by atoms with E-state index in [1.54, 1.807) is 6.20 Å². The predicted octanol–water partition coefficient (Wildman–Crippen LogP) is 2.95. The lowest BCUT2D eigenvalue weighted by Crippen LogP contribution is -2.16. The lowest BCUT2D eigenvalue weighted by molar-refractivity contribution is 0.323. The summed E-state index contributed by atoms with van der Waals surface area (Å²) < 4.78 is 1.09. The molecular formula is C11H14BrN3. The number of H-pyrrole nitrogens is 1. The van der Waals surface area contributed by atoms with Gasteiger partial charge in [0.1, 0.15) is 5.65 Å². The van der Waals surface area contributed by atoms with Gasteiger partial charge < -0.3 is 9.88 Å². The van der Waals surface area contributed by atoms with Gasteiger partial charge in [0.05, 0.1) is 0 Å². The number of rotatable bonds is 2. The molecule has 0 aliphatic heterocycles. The average molecular weight is 268 g/mol. The van der Waals surface area contributed by atoms with Gasteiger partial charge in [-0.1, -0.05) is 0 Å². The number of aromatic amines is 1. The highest BCUT2D eigenvalue weighted by Crippen LogP contribution is 2.30. The Hall–Kier alpha value is -0.870. The summed E-state index contributed by atoms with van der Waals surface area (Å²) in [6, 6.07) is 2.35. The second-order valence-corrected chi connectivity index (χ2v) is 4.75. The Morgan fingerprint density at radius 2 is 2.20 bits per heavy atom. The Balaban J connectivity index is 2.62. The first-order chi connectivity index (χ1) is 7.11. The number of hydrogen-bond acceptors (Lipinski definition) is 2. The third-order valence-electron chi connectivity index (χ3n) is 2.78. The highest BCUT2D eigenvalue weighted by Gasteiger charge is 2.15. The molecule has 2 aromatic rings. The van der Waals surface area contributed by atoms with E-state index >= 15 is 0 Å². The second kappa shape index (κ2) is 3.94. The molecule has 0 saturated heterocycles. The maximum absolute atomic E-state index is 4.30. The molecule has 0 aliphatic carbocycles. The lowest BCUT2D eigenvalue weighted by atomic mass is 10.1. The van der Waals surface area contributed by atoms with Crippen molar-refractivity contribution in [2.24, 2.45) is 0 Å². The molecule has 1 atom stereocenters. The van der Waals surface area contributed by atoms with E-state index in [2.05, 4.69) is 51.8 Å². The summed E-state index contributed by atoms with van der Waals surface area (Å²) in [7, 11) is 4.15. The quantitative estimate of drug-likeness (QED) is 0.908. The molecule has 80 valence electrons. The molecule has 1 N–H and O–H groups in total. The molecule has 0 aromatic carbocycles. The maximum atomic E-state index is 4.30. The van der Waals surface area contributed by atoms with E-state index in [0.717, 1.165) is 10.1 Å². The van der Waals surface area contributed by atoms with E-state index in [0.29, 0.717) is 6.04 Å². The van der Waals surface area contributed by atoms with Gasteiger partial charge >= 0.3 is 0 Å². The normalized spacial score (nSPS) is 13.7. The number of fused-ring (bicyclic) bond motifs is 1. The van der Waals surface area contributed by atoms with Gasteiger partial charge in [0.15, 0.2) is 0 Å². The van der Waals surface area contributed by atoms with Gasteiger partial charge in [-0.05, 0) is 48.6 Å². The van der Waals surface area contributed by atoms with Crippen LogP contribution in [0.25, 0.3) is 11.0 Å². The van der Waals surface area contributed by atoms with E-state index in [4.69, 9.17) is 0 Å². The van der Waals surface area contributed by atoms with Crippen LogP contribution in [0.4, 0.5) is 0 Å². The monoisotopic (exact) mass is 267 g/mol. The van der Waals surface area contributed by atoms with Gasteiger partial charge in [-0.3, -0.25) is 0 Å². The zero-order valence-electron chi connectivity index (χ0n) is 9.08. The molecule has 3 nitrogen and oxygen atoms in total. The Morgan fingerprint density at radius 1 is 1.47 bits per heavy atom. The molecule has 1 unspecified atom stereocenters. The minimum Gasteiger partial charge on any atom is -0.346 e. The summed E-state index contributed by atoms with van der Waals surface area (Å²) in [6.07, 6.45) is 3.83. The average Bonchev–Trinajstić information content (AvgIpc) is 2.61. The third-order valence-corrected chi connectivity index (χ3v) is 3.44. The zero-order valence-corrected chi connectivity index (χ0v) is 10.7. The Kier molecular flexibility index (Phi) is 2.80. The van der Waals surface area contributed by atoms with Crippen molar-refractivity contribution in [3.63, 3.8) is 0 Å². The smallest absolute Gasteiger partial charge is 0.138 e. The van der Waals surface area contributed by atoms with Crippen LogP contribution in [0.5, 0.6) is 0 Å². The standard InChI is InChI=1S/C11H14BrN3/c1-7(15(2)3)8-6-14-11-10(8)9(12)4-5-13-11/h4-7H,1-3H3,(H,13,14). The van der Waals surface area contributed by atoms with Crippen molar-refractivity contribution in [2.45, 2.75) is 13.0 Å². The molecule has 15 heavy (non-hydrogen) atoms. The SMILES string of the molecule is CC(c1c[nH]c2nccc(Br)c12)N(C)C. The fraction of sp³-hybridized carbons (Fsp3) is 0.364. The minimum absolute atomic E-state index is 0.374. The molecule has 2 heterocycles. The first-order valence-corrected chi connectivity index (χ1v) is 5.68. The maximum Gasteiger partial charge on any atom is 0.138 e. The topological polar surface area (TPSA) is 31.9 Å². The van der Waals surface area contributed by atoms with E-state index in [-0.39, 0.29) is 0 Å². The fourth-order valence-electron chi connectivity index (χ4n) is 1.65. The van der Waals surface area contributed by atoms with Gasteiger partial charge in [0.2, 0.25) is 0 Å². The molecule has 0 saturated carbocycles. The van der Waals surface area contributed by atoms with Crippen molar-refractivity contribution < 1.29 is 0 Å². The number of aromatic nitrogens is 2. The van der Waals surface area contributed by atoms with E-state index < -0.39 is 0 Å². The first kappa shape index (κ1) is 10.6. The summed E-state index contributed by atoms with van der Waals surface area (Å²) >= 11 is 3.57. The van der Waals surface area contributed by atoms with Crippen LogP contribution in [0.2, 0.25) is 0 Å². The van der Waals surface area contributed by atoms with Crippen LogP contribution in [-0.2, 0) is 0 Å². The highest BCUT2D eigenvalue weighted by atomic mass is 79.9. The van der Waals surface area contributed by atoms with Gasteiger partial charge in [-0.2, -0.15) is 0 Å². The number of halogens is 1. The molecule has 0 fully saturated rings. The first-order valence-electron chi connectivity index (χ1n) is 4.89. The van der Waals surface area contributed by atoms with Crippen LogP contribution in [0.3, 0.4) is 0 Å². The molecule has 0 spiro atoms. The van der Waals surface area contributed by atoms with Crippen LogP contribution in [0, 0.1) is 0 Å². The molecule has 0 radical (unpaired) electrons. The van der Waals surface area contributed by atoms with Crippen LogP contribution in [0.1, 0.15) is 18.5 Å². The Labute approximate surface area is 97.6 Å². The van der Waals surface area contributed by atoms with Crippen molar-refractivity contribution in [3.05, 3.63) is 28.5 Å². The largest absolute Gasteiger partial charge is 0.346 e. The van der Waals surface area contributed by atoms with Crippen molar-refractivity contribution in [2.75, 3.05) is 14.1 Å². The lowest BCUT2D eigenvalue weighted by Gasteiger charge is -2.19. The molecule has 2 rings (SSSR count). The van der Waals surface area contributed by atoms with Gasteiger partial charge in [-0.15, -0.1) is 0 Å². The summed E-state index contributed by atoms with van der Waals surface area (Å²) in [4.78, 5) is 9.68. The third kappa shape index (κ3) is 1.79. The van der Waals surface area contributed by atoms with E-state index in [1.165, 1.54) is 10.9 Å². The summed E-state index contributed by atoms with van der Waals surface area (Å²) in [6.45, 7) is 2.18. The zero-order chi connectivity index (χ0) is 11.0. The van der Waals surface area contributed by atoms with Crippen molar-refractivity contribution in [1.82, 2.24) is 14.9 Å². The van der Waals surface area contributed by atoms with Gasteiger partial charge in [0, 0.05) is 28.3 Å². The van der Waals surface area contributed by atoms with E-state index in [9.17, 15) is 0 Å². The minimum atomic E-state index is 0.374. The summed E-state index contributed by atoms with van der Waals surface area (Å²) in [5.74, 6) is 0. The Bertz CT molecular complexity index is 476. The van der Waals surface area contributed by atoms with Crippen molar-refractivity contribution >= 4 is 27.0 Å². The Morgan fingerprint density at radius 3 is 2.87 bits per heavy atom. The van der Waals surface area contributed by atoms with Crippen molar-refractivity contribution in [3.8, 4) is 0 Å². The molecule has 2 aromatic heterocycles. The van der Waals surface area contributed by atoms with Gasteiger partial charge in [0.25, 0.3) is 0 Å². The highest BCUT2D eigenvalue weighted by molar-refractivity contribution is 9.10. The number of pyridine rings is 1. The summed E-state index contributed by atoms with van der Waals surface area (Å²) in [5.41, 5.74) is 2.21. The van der Waals surface area contributed by atoms with Crippen LogP contribution in [-0.4, -0.2) is 29.0 Å². The van der Waals surface area contributed by atoms with E-state index in [1.807, 2.05) is 12.3 Å². The predicted molar refractivity (Wildman–Crippen MR) is 65.9 cm³/mol. The number of hydrogen-bond donors (Lipinski definition) is 1. The van der Waals surface area contributed by atoms with Crippen LogP contribution < -0.4 is 0 Å². The van der Waals surface area contributed by atoms with Crippen LogP contribution >= 0.6 is 15.9 Å². The fourth-order valence-corrected chi connectivity index (χ4v) is 2.18. The summed E-state index contributed by atoms with van der Waals surface area (Å²) in [5, 5.41) is 1.18. The molecule has 0 amide bonds. The second-order valence-electron chi connectivity index (χ2n) is 3.90. The molecule has 0 aliphatic rings. The number of nitrogens with one attached hydrogen (secondary N) is 1. The van der Waals surface area contributed by atoms with Gasteiger partial charge in [-0.25, -0.2) is 4.98 Å². The molecular weight excluding hydrogens is 254 g/mol. The number of nitrogens with zero attached hydrogens (tertiary/aromatic N) is 2.